The van der Waals surface area contributed by atoms with E-state index in [9.17, 15) is 19.2 Å². The maximum atomic E-state index is 12.2. The lowest BCUT2D eigenvalue weighted by atomic mass is 10.1. The van der Waals surface area contributed by atoms with Crippen LogP contribution < -0.4 is 5.32 Å². The number of esters is 2. The summed E-state index contributed by atoms with van der Waals surface area (Å²) >= 11 is 1.03. The monoisotopic (exact) mass is 460 g/mol. The number of para-hydroxylation sites is 2. The number of rotatable bonds is 9. The molecule has 1 amide bonds. The van der Waals surface area contributed by atoms with Gasteiger partial charge in [0.1, 0.15) is 22.6 Å². The van der Waals surface area contributed by atoms with Crippen molar-refractivity contribution in [1.29, 1.82) is 0 Å². The Morgan fingerprint density at radius 1 is 1.09 bits per heavy atom. The van der Waals surface area contributed by atoms with Crippen LogP contribution in [0.1, 0.15) is 40.3 Å². The van der Waals surface area contributed by atoms with Crippen molar-refractivity contribution >= 4 is 52.4 Å². The summed E-state index contributed by atoms with van der Waals surface area (Å²) in [5, 5.41) is 2.64. The van der Waals surface area contributed by atoms with Crippen LogP contribution in [0.2, 0.25) is 0 Å². The maximum Gasteiger partial charge on any atom is 0.344 e. The number of furan rings is 1. The first-order valence-corrected chi connectivity index (χ1v) is 10.5. The zero-order chi connectivity index (χ0) is 23.3. The number of benzene rings is 1. The van der Waals surface area contributed by atoms with E-state index in [0.717, 1.165) is 11.8 Å². The van der Waals surface area contributed by atoms with E-state index in [4.69, 9.17) is 18.3 Å². The van der Waals surface area contributed by atoms with Gasteiger partial charge in [-0.05, 0) is 32.9 Å². The SMILES string of the molecule is CCOC(=O)c1c(NC(=O)COC(=O)CSc2nc3ccccc3o2)oc(C)c1C(C)=O. The topological polar surface area (TPSA) is 138 Å². The Morgan fingerprint density at radius 3 is 2.53 bits per heavy atom. The number of carbonyl (C=O) groups excluding carboxylic acids is 4. The number of nitrogens with zero attached hydrogens (tertiary/aromatic N) is 1. The van der Waals surface area contributed by atoms with E-state index in [1.165, 1.54) is 13.8 Å². The predicted molar refractivity (Wildman–Crippen MR) is 114 cm³/mol. The van der Waals surface area contributed by atoms with Gasteiger partial charge >= 0.3 is 11.9 Å². The Bertz CT molecular complexity index is 1150. The summed E-state index contributed by atoms with van der Waals surface area (Å²) in [6.07, 6.45) is 0. The van der Waals surface area contributed by atoms with E-state index >= 15 is 0 Å². The maximum absolute atomic E-state index is 12.2. The molecule has 11 heteroatoms. The van der Waals surface area contributed by atoms with E-state index in [2.05, 4.69) is 10.3 Å². The number of nitrogens with one attached hydrogen (secondary N) is 1. The van der Waals surface area contributed by atoms with Gasteiger partial charge in [0, 0.05) is 0 Å². The molecule has 3 rings (SSSR count). The van der Waals surface area contributed by atoms with Crippen LogP contribution in [0, 0.1) is 6.92 Å². The van der Waals surface area contributed by atoms with Gasteiger partial charge in [-0.25, -0.2) is 9.78 Å². The van der Waals surface area contributed by atoms with Crippen molar-refractivity contribution in [1.82, 2.24) is 4.98 Å². The van der Waals surface area contributed by atoms with Gasteiger partial charge in [-0.3, -0.25) is 19.7 Å². The van der Waals surface area contributed by atoms with Crippen LogP contribution in [-0.4, -0.2) is 47.6 Å². The first-order valence-electron chi connectivity index (χ1n) is 9.55. The summed E-state index contributed by atoms with van der Waals surface area (Å²) in [7, 11) is 0. The van der Waals surface area contributed by atoms with Gasteiger partial charge in [0.15, 0.2) is 18.0 Å². The van der Waals surface area contributed by atoms with Gasteiger partial charge in [0.2, 0.25) is 5.88 Å². The standard InChI is InChI=1S/C21H20N2O8S/c1-4-28-20(27)18-17(11(2)24)12(3)30-19(18)23-15(25)9-29-16(26)10-32-21-22-13-7-5-6-8-14(13)31-21/h5-8H,4,9-10H2,1-3H3,(H,23,25). The fourth-order valence-corrected chi connectivity index (χ4v) is 3.47. The van der Waals surface area contributed by atoms with Crippen molar-refractivity contribution in [3.8, 4) is 0 Å². The number of aryl methyl sites for hydroxylation is 1. The molecule has 32 heavy (non-hydrogen) atoms. The number of thioether (sulfide) groups is 1. The second kappa shape index (κ2) is 10.1. The Balaban J connectivity index is 1.57. The Morgan fingerprint density at radius 2 is 1.84 bits per heavy atom. The number of oxazole rings is 1. The number of carbonyl (C=O) groups is 4. The fraction of sp³-hybridized carbons (Fsp3) is 0.286. The molecular weight excluding hydrogens is 440 g/mol. The average Bonchev–Trinajstić information content (AvgIpc) is 3.31. The number of hydrogen-bond donors (Lipinski definition) is 1. The summed E-state index contributed by atoms with van der Waals surface area (Å²) in [6.45, 7) is 3.81. The van der Waals surface area contributed by atoms with Crippen molar-refractivity contribution in [3.05, 3.63) is 41.2 Å². The molecule has 1 aromatic carbocycles. The lowest BCUT2D eigenvalue weighted by Gasteiger charge is -2.07. The minimum absolute atomic E-state index is 0.0190. The van der Waals surface area contributed by atoms with Crippen molar-refractivity contribution in [2.75, 3.05) is 24.3 Å². The largest absolute Gasteiger partial charge is 0.462 e. The highest BCUT2D eigenvalue weighted by Gasteiger charge is 2.28. The quantitative estimate of drug-likeness (QED) is 0.287. The van der Waals surface area contributed by atoms with Crippen LogP contribution in [-0.2, 0) is 19.1 Å². The number of ketones is 1. The minimum Gasteiger partial charge on any atom is -0.462 e. The molecule has 0 aliphatic heterocycles. The molecule has 0 saturated heterocycles. The third-order valence-corrected chi connectivity index (χ3v) is 4.92. The molecule has 2 aromatic heterocycles. The van der Waals surface area contributed by atoms with Crippen LogP contribution in [0.4, 0.5) is 5.88 Å². The molecular formula is C21H20N2O8S. The van der Waals surface area contributed by atoms with E-state index in [-0.39, 0.29) is 35.1 Å². The first kappa shape index (κ1) is 23.1. The molecule has 0 aliphatic carbocycles. The molecule has 0 spiro atoms. The number of aromatic nitrogens is 1. The highest BCUT2D eigenvalue weighted by Crippen LogP contribution is 2.28. The van der Waals surface area contributed by atoms with Crippen LogP contribution in [0.25, 0.3) is 11.1 Å². The van der Waals surface area contributed by atoms with Gasteiger partial charge in [0.25, 0.3) is 11.1 Å². The number of amides is 1. The lowest BCUT2D eigenvalue weighted by Crippen LogP contribution is -2.23. The third kappa shape index (κ3) is 5.35. The summed E-state index contributed by atoms with van der Waals surface area (Å²) in [5.74, 6) is -2.86. The third-order valence-electron chi connectivity index (χ3n) is 4.12. The Labute approximate surface area is 186 Å². The Kier molecular flexibility index (Phi) is 7.31. The summed E-state index contributed by atoms with van der Waals surface area (Å²) in [4.78, 5) is 52.5. The summed E-state index contributed by atoms with van der Waals surface area (Å²) < 4.78 is 20.7. The van der Waals surface area contributed by atoms with Crippen LogP contribution >= 0.6 is 11.8 Å². The molecule has 0 saturated carbocycles. The van der Waals surface area contributed by atoms with Gasteiger partial charge < -0.3 is 18.3 Å². The summed E-state index contributed by atoms with van der Waals surface area (Å²) in [6, 6.07) is 7.17. The Hall–Kier alpha value is -3.60. The van der Waals surface area contributed by atoms with Crippen molar-refractivity contribution in [3.63, 3.8) is 0 Å². The van der Waals surface area contributed by atoms with Crippen molar-refractivity contribution in [2.45, 2.75) is 26.0 Å². The van der Waals surface area contributed by atoms with Gasteiger partial charge in [-0.1, -0.05) is 23.9 Å². The molecule has 10 nitrogen and oxygen atoms in total. The highest BCUT2D eigenvalue weighted by molar-refractivity contribution is 7.99. The molecule has 1 N–H and O–H groups in total. The second-order valence-corrected chi connectivity index (χ2v) is 7.39. The fourth-order valence-electron chi connectivity index (χ4n) is 2.84. The highest BCUT2D eigenvalue weighted by atomic mass is 32.2. The normalized spacial score (nSPS) is 10.7. The first-order chi connectivity index (χ1) is 15.3. The van der Waals surface area contributed by atoms with Crippen molar-refractivity contribution < 1.29 is 37.5 Å². The van der Waals surface area contributed by atoms with E-state index < -0.39 is 30.2 Å². The van der Waals surface area contributed by atoms with Crippen LogP contribution in [0.15, 0.2) is 38.3 Å². The smallest absolute Gasteiger partial charge is 0.344 e. The van der Waals surface area contributed by atoms with Gasteiger partial charge in [-0.15, -0.1) is 0 Å². The minimum atomic E-state index is -0.809. The molecule has 0 atom stereocenters. The van der Waals surface area contributed by atoms with E-state index in [0.29, 0.717) is 16.3 Å². The summed E-state index contributed by atoms with van der Waals surface area (Å²) in [5.41, 5.74) is 1.10. The molecule has 0 unspecified atom stereocenters. The number of hydrogen-bond acceptors (Lipinski definition) is 10. The van der Waals surface area contributed by atoms with Gasteiger partial charge in [-0.2, -0.15) is 0 Å². The molecule has 0 aliphatic rings. The van der Waals surface area contributed by atoms with Gasteiger partial charge in [0.05, 0.1) is 12.2 Å². The molecule has 0 radical (unpaired) electrons. The second-order valence-electron chi connectivity index (χ2n) is 6.46. The van der Waals surface area contributed by atoms with Crippen molar-refractivity contribution in [2.24, 2.45) is 0 Å². The molecule has 2 heterocycles. The van der Waals surface area contributed by atoms with Crippen LogP contribution in [0.5, 0.6) is 0 Å². The zero-order valence-corrected chi connectivity index (χ0v) is 18.4. The molecule has 0 fully saturated rings. The van der Waals surface area contributed by atoms with E-state index in [1.54, 1.807) is 19.1 Å². The number of anilines is 1. The molecule has 3 aromatic rings. The molecule has 0 bridgehead atoms. The number of Topliss-reactive ketones (excluding diaryl/α,β-unsaturated/α-hetero) is 1. The number of fused-ring (bicyclic) bond motifs is 1. The lowest BCUT2D eigenvalue weighted by molar-refractivity contribution is -0.144. The van der Waals surface area contributed by atoms with E-state index in [1.807, 2.05) is 12.1 Å². The number of ether oxygens (including phenoxy) is 2. The predicted octanol–water partition coefficient (Wildman–Crippen LogP) is 3.38. The van der Waals surface area contributed by atoms with Crippen LogP contribution in [0.3, 0.4) is 0 Å². The average molecular weight is 460 g/mol. The zero-order valence-electron chi connectivity index (χ0n) is 17.6. The molecule has 168 valence electrons.